The highest BCUT2D eigenvalue weighted by molar-refractivity contribution is 7.90. The molecule has 54 heavy (non-hydrogen) atoms. The summed E-state index contributed by atoms with van der Waals surface area (Å²) in [6.45, 7) is 8.52. The molecule has 4 saturated carbocycles. The van der Waals surface area contributed by atoms with Gasteiger partial charge in [0.2, 0.25) is 26.0 Å². The van der Waals surface area contributed by atoms with Crippen LogP contribution in [-0.2, 0) is 29.6 Å². The van der Waals surface area contributed by atoms with Crippen molar-refractivity contribution in [3.05, 3.63) is 53.1 Å². The highest BCUT2D eigenvalue weighted by atomic mass is 32.2. The largest absolute Gasteiger partial charge is 0.504 e. The van der Waals surface area contributed by atoms with Crippen molar-refractivity contribution in [2.24, 2.45) is 33.5 Å². The minimum Gasteiger partial charge on any atom is -0.504 e. The normalized spacial score (nSPS) is 36.6. The maximum Gasteiger partial charge on any atom is 0.260 e. The zero-order chi connectivity index (χ0) is 38.5. The van der Waals surface area contributed by atoms with Crippen LogP contribution in [0.25, 0.3) is 6.08 Å². The molecule has 2 amide bonds. The van der Waals surface area contributed by atoms with E-state index in [2.05, 4.69) is 27.7 Å². The Kier molecular flexibility index (Phi) is 7.42. The summed E-state index contributed by atoms with van der Waals surface area (Å²) in [5.41, 5.74) is -0.137. The summed E-state index contributed by atoms with van der Waals surface area (Å²) in [6.07, 6.45) is 6.43. The lowest BCUT2D eigenvalue weighted by Crippen LogP contribution is -2.46. The first-order chi connectivity index (χ1) is 25.3. The number of fused-ring (bicyclic) bond motifs is 3. The molecular formula is C40H48N2O10S2. The van der Waals surface area contributed by atoms with Gasteiger partial charge >= 0.3 is 0 Å². The van der Waals surface area contributed by atoms with Gasteiger partial charge in [0, 0.05) is 22.5 Å². The van der Waals surface area contributed by atoms with Crippen molar-refractivity contribution in [3.63, 3.8) is 0 Å². The summed E-state index contributed by atoms with van der Waals surface area (Å²) < 4.78 is 75.3. The van der Waals surface area contributed by atoms with Gasteiger partial charge in [0.15, 0.2) is 23.0 Å². The van der Waals surface area contributed by atoms with Crippen molar-refractivity contribution in [1.29, 1.82) is 0 Å². The molecule has 2 aromatic rings. The van der Waals surface area contributed by atoms with Crippen molar-refractivity contribution in [2.45, 2.75) is 90.3 Å². The lowest BCUT2D eigenvalue weighted by Gasteiger charge is -2.37. The lowest BCUT2D eigenvalue weighted by atomic mass is 9.69. The van der Waals surface area contributed by atoms with Crippen LogP contribution in [-0.4, -0.2) is 80.2 Å². The van der Waals surface area contributed by atoms with E-state index in [9.17, 15) is 26.7 Å². The van der Waals surface area contributed by atoms with E-state index >= 15 is 4.79 Å². The summed E-state index contributed by atoms with van der Waals surface area (Å²) >= 11 is 0. The topological polar surface area (TPSA) is 157 Å². The molecule has 8 atom stereocenters. The molecule has 3 aliphatic heterocycles. The van der Waals surface area contributed by atoms with E-state index in [4.69, 9.17) is 14.2 Å². The molecule has 3 heterocycles. The monoisotopic (exact) mass is 780 g/mol. The first-order valence-electron chi connectivity index (χ1n) is 18.9. The number of phenolic OH excluding ortho intramolecular Hbond substituents is 1. The summed E-state index contributed by atoms with van der Waals surface area (Å²) in [7, 11) is -4.98. The Morgan fingerprint density at radius 3 is 1.98 bits per heavy atom. The Labute approximate surface area is 316 Å². The third kappa shape index (κ3) is 4.41. The fourth-order valence-electron chi connectivity index (χ4n) is 12.5. The number of hydrogen-bond donors (Lipinski definition) is 1. The molecule has 290 valence electrons. The minimum atomic E-state index is -4.00. The number of amides is 2. The van der Waals surface area contributed by atoms with Crippen LogP contribution in [0.1, 0.15) is 94.9 Å². The number of sulfonamides is 2. The predicted molar refractivity (Wildman–Crippen MR) is 199 cm³/mol. The number of carbonyl (C=O) groups is 2. The van der Waals surface area contributed by atoms with E-state index in [0.29, 0.717) is 41.4 Å². The molecule has 0 aromatic heterocycles. The van der Waals surface area contributed by atoms with Crippen LogP contribution in [0.15, 0.2) is 36.4 Å². The third-order valence-electron chi connectivity index (χ3n) is 15.7. The molecule has 0 unspecified atom stereocenters. The molecule has 12 nitrogen and oxygen atoms in total. The molecule has 2 saturated heterocycles. The summed E-state index contributed by atoms with van der Waals surface area (Å²) in [5, 5.41) is 10.4. The maximum absolute atomic E-state index is 15.1. The number of ether oxygens (including phenoxy) is 3. The summed E-state index contributed by atoms with van der Waals surface area (Å²) in [5.74, 6) is -1.28. The Morgan fingerprint density at radius 2 is 1.41 bits per heavy atom. The Bertz CT molecular complexity index is 2270. The molecular weight excluding hydrogens is 733 g/mol. The average Bonchev–Trinajstić information content (AvgIpc) is 3.89. The van der Waals surface area contributed by atoms with Crippen molar-refractivity contribution in [3.8, 4) is 23.0 Å². The fourth-order valence-corrected chi connectivity index (χ4v) is 17.6. The first-order valence-corrected chi connectivity index (χ1v) is 22.1. The highest BCUT2D eigenvalue weighted by Crippen LogP contribution is 2.71. The highest BCUT2D eigenvalue weighted by Gasteiger charge is 2.74. The van der Waals surface area contributed by atoms with Crippen molar-refractivity contribution >= 4 is 37.9 Å². The van der Waals surface area contributed by atoms with Crippen LogP contribution in [0.3, 0.4) is 0 Å². The average molecular weight is 781 g/mol. The van der Waals surface area contributed by atoms with Gasteiger partial charge in [-0.2, -0.15) is 0 Å². The van der Waals surface area contributed by atoms with Gasteiger partial charge in [0.25, 0.3) is 5.91 Å². The van der Waals surface area contributed by atoms with E-state index in [1.807, 2.05) is 0 Å². The number of rotatable bonds is 6. The van der Waals surface area contributed by atoms with Crippen LogP contribution in [0.2, 0.25) is 0 Å². The Balaban J connectivity index is 1.11. The number of carbonyl (C=O) groups excluding carboxylic acids is 2. The number of hydrogen-bond acceptors (Lipinski definition) is 10. The van der Waals surface area contributed by atoms with Crippen molar-refractivity contribution in [1.82, 2.24) is 8.61 Å². The molecule has 6 fully saturated rings. The second-order valence-corrected chi connectivity index (χ2v) is 21.6. The van der Waals surface area contributed by atoms with E-state index < -0.39 is 60.8 Å². The standard InChI is InChI=1S/C40H48N2O10S2/c1-37(2)24-11-13-39(37)20-53(46,47)41(30(39)18-24)32(44)10-7-22-15-26-33(34(52-35(26)29(16-22)51-6)23-8-9-27(43)28(17-23)50-5)36(45)42-31-19-25-12-14-40(31,38(25,3)4)21-54(42,48)49/h7-10,15-17,24-25,30-31,33-34,43H,11-14,18-21H2,1-6H3/b10-7+/t24-,25-,30-,31-,33-,34+,39-,40-/m0/s1. The van der Waals surface area contributed by atoms with E-state index in [-0.39, 0.29) is 51.4 Å². The van der Waals surface area contributed by atoms with Gasteiger partial charge in [-0.05, 0) is 103 Å². The van der Waals surface area contributed by atoms with Gasteiger partial charge in [-0.25, -0.2) is 25.4 Å². The number of methoxy groups -OCH3 is 2. The summed E-state index contributed by atoms with van der Waals surface area (Å²) in [4.78, 5) is 29.0. The second kappa shape index (κ2) is 11.2. The van der Waals surface area contributed by atoms with Gasteiger partial charge in [-0.15, -0.1) is 0 Å². The zero-order valence-electron chi connectivity index (χ0n) is 31.5. The van der Waals surface area contributed by atoms with Crippen LogP contribution in [0.5, 0.6) is 23.0 Å². The molecule has 2 aromatic carbocycles. The predicted octanol–water partition coefficient (Wildman–Crippen LogP) is 5.37. The molecule has 14 heteroatoms. The van der Waals surface area contributed by atoms with Crippen LogP contribution in [0, 0.1) is 33.5 Å². The van der Waals surface area contributed by atoms with E-state index in [1.54, 1.807) is 24.3 Å². The number of nitrogens with zero attached hydrogens (tertiary/aromatic N) is 2. The molecule has 7 aliphatic rings. The molecule has 0 radical (unpaired) electrons. The quantitative estimate of drug-likeness (QED) is 0.378. The SMILES string of the molecule is COc1cc([C@H]2Oc3c(OC)cc(/C=C/C(=O)N4[C@H]5C[C@@H]6CC[C@@]5(CS4(=O)=O)C6(C)C)cc3[C@@H]2C(=O)N2[C@H]3C[C@@H]4CC[C@@]3(CS2(=O)=O)C4(C)C)ccc1O. The van der Waals surface area contributed by atoms with E-state index in [1.165, 1.54) is 32.4 Å². The fraction of sp³-hybridized carbons (Fsp3) is 0.600. The van der Waals surface area contributed by atoms with Gasteiger partial charge in [-0.3, -0.25) is 9.59 Å². The molecule has 2 spiro atoms. The number of aromatic hydroxyl groups is 1. The van der Waals surface area contributed by atoms with Gasteiger partial charge in [-0.1, -0.05) is 33.8 Å². The van der Waals surface area contributed by atoms with Gasteiger partial charge in [0.05, 0.1) is 37.8 Å². The van der Waals surface area contributed by atoms with E-state index in [0.717, 1.165) is 34.3 Å². The summed E-state index contributed by atoms with van der Waals surface area (Å²) in [6, 6.07) is 7.08. The molecule has 4 bridgehead atoms. The van der Waals surface area contributed by atoms with Crippen LogP contribution >= 0.6 is 0 Å². The molecule has 4 aliphatic carbocycles. The number of phenols is 1. The third-order valence-corrected chi connectivity index (χ3v) is 19.5. The minimum absolute atomic E-state index is 0.0371. The molecule has 9 rings (SSSR count). The second-order valence-electron chi connectivity index (χ2n) is 17.9. The first kappa shape index (κ1) is 35.9. The smallest absolute Gasteiger partial charge is 0.260 e. The van der Waals surface area contributed by atoms with Crippen LogP contribution < -0.4 is 14.2 Å². The number of benzene rings is 2. The van der Waals surface area contributed by atoms with Crippen LogP contribution in [0.4, 0.5) is 0 Å². The van der Waals surface area contributed by atoms with Gasteiger partial charge < -0.3 is 19.3 Å². The maximum atomic E-state index is 15.1. The lowest BCUT2D eigenvalue weighted by molar-refractivity contribution is -0.132. The zero-order valence-corrected chi connectivity index (χ0v) is 33.1. The Hall–Kier alpha value is -3.78. The molecule has 1 N–H and O–H groups in total. The van der Waals surface area contributed by atoms with Gasteiger partial charge in [0.1, 0.15) is 12.0 Å². The van der Waals surface area contributed by atoms with Crippen molar-refractivity contribution < 1.29 is 45.7 Å². The Morgan fingerprint density at radius 1 is 0.833 bits per heavy atom. The van der Waals surface area contributed by atoms with Crippen molar-refractivity contribution in [2.75, 3.05) is 25.7 Å².